The van der Waals surface area contributed by atoms with Gasteiger partial charge in [-0.1, -0.05) is 18.2 Å². The Balaban J connectivity index is 1.07. The van der Waals surface area contributed by atoms with Crippen molar-refractivity contribution in [2.45, 2.75) is 38.3 Å². The van der Waals surface area contributed by atoms with Crippen LogP contribution in [0, 0.1) is 5.92 Å². The van der Waals surface area contributed by atoms with Crippen LogP contribution in [0.2, 0.25) is 0 Å². The molecule has 0 unspecified atom stereocenters. The number of benzene rings is 1. The highest BCUT2D eigenvalue weighted by Crippen LogP contribution is 2.23. The third-order valence-electron chi connectivity index (χ3n) is 7.09. The van der Waals surface area contributed by atoms with E-state index >= 15 is 0 Å². The molecule has 2 saturated heterocycles. The number of hydrogen-bond donors (Lipinski definition) is 1. The maximum atomic E-state index is 13.1. The van der Waals surface area contributed by atoms with Crippen molar-refractivity contribution in [2.24, 2.45) is 5.92 Å². The van der Waals surface area contributed by atoms with E-state index in [1.807, 2.05) is 47.6 Å². The summed E-state index contributed by atoms with van der Waals surface area (Å²) < 4.78 is 0. The molecule has 2 fully saturated rings. The fraction of sp³-hybridized carbons (Fsp3) is 0.407. The topological polar surface area (TPSA) is 78.4 Å². The standard InChI is InChI=1S/C27H31N5O2/c33-26(23-17-22-3-1-2-4-25(22)29-18-23)30-24-9-15-32(16-10-24)27(34)21-7-13-31(14-8-21)19-20-5-11-28-12-6-20/h1-6,11-12,17-18,21,24H,7-10,13-16,19H2,(H,30,33). The van der Waals surface area contributed by atoms with Gasteiger partial charge in [0.2, 0.25) is 5.91 Å². The van der Waals surface area contributed by atoms with Crippen molar-refractivity contribution in [3.05, 3.63) is 72.2 Å². The lowest BCUT2D eigenvalue weighted by atomic mass is 9.93. The predicted octanol–water partition coefficient (Wildman–Crippen LogP) is 3.26. The average Bonchev–Trinajstić information content (AvgIpc) is 2.89. The first-order valence-electron chi connectivity index (χ1n) is 12.2. The van der Waals surface area contributed by atoms with Crippen molar-refractivity contribution in [1.29, 1.82) is 0 Å². The number of likely N-dealkylation sites (tertiary alicyclic amines) is 2. The Kier molecular flexibility index (Phi) is 6.81. The molecule has 0 saturated carbocycles. The molecule has 4 heterocycles. The summed E-state index contributed by atoms with van der Waals surface area (Å²) in [7, 11) is 0. The Hall–Kier alpha value is -3.32. The highest BCUT2D eigenvalue weighted by molar-refractivity contribution is 5.97. The highest BCUT2D eigenvalue weighted by Gasteiger charge is 2.31. The third kappa shape index (κ3) is 5.25. The quantitative estimate of drug-likeness (QED) is 0.636. The molecule has 0 aliphatic carbocycles. The molecule has 0 radical (unpaired) electrons. The Morgan fingerprint density at radius 3 is 2.44 bits per heavy atom. The van der Waals surface area contributed by atoms with E-state index in [1.165, 1.54) is 5.56 Å². The second kappa shape index (κ2) is 10.3. The molecule has 5 rings (SSSR count). The minimum Gasteiger partial charge on any atom is -0.349 e. The first kappa shape index (κ1) is 22.5. The van der Waals surface area contributed by atoms with Crippen molar-refractivity contribution in [1.82, 2.24) is 25.1 Å². The summed E-state index contributed by atoms with van der Waals surface area (Å²) in [5.74, 6) is 0.306. The van der Waals surface area contributed by atoms with Crippen molar-refractivity contribution < 1.29 is 9.59 Å². The molecular weight excluding hydrogens is 426 g/mol. The molecule has 7 nitrogen and oxygen atoms in total. The van der Waals surface area contributed by atoms with Gasteiger partial charge in [0.1, 0.15) is 0 Å². The SMILES string of the molecule is O=C(NC1CCN(C(=O)C2CCN(Cc3ccncc3)CC2)CC1)c1cnc2ccccc2c1. The van der Waals surface area contributed by atoms with Gasteiger partial charge in [-0.15, -0.1) is 0 Å². The Morgan fingerprint density at radius 2 is 1.68 bits per heavy atom. The maximum Gasteiger partial charge on any atom is 0.253 e. The molecule has 1 aromatic carbocycles. The molecule has 2 amide bonds. The van der Waals surface area contributed by atoms with Crippen LogP contribution in [-0.2, 0) is 11.3 Å². The van der Waals surface area contributed by atoms with Gasteiger partial charge >= 0.3 is 0 Å². The lowest BCUT2D eigenvalue weighted by molar-refractivity contribution is -0.138. The van der Waals surface area contributed by atoms with Crippen LogP contribution in [0.4, 0.5) is 0 Å². The minimum atomic E-state index is -0.0930. The summed E-state index contributed by atoms with van der Waals surface area (Å²) in [4.78, 5) is 38.7. The molecule has 0 atom stereocenters. The van der Waals surface area contributed by atoms with Gasteiger partial charge in [0.25, 0.3) is 5.91 Å². The van der Waals surface area contributed by atoms with Crippen LogP contribution in [0.15, 0.2) is 61.1 Å². The first-order chi connectivity index (χ1) is 16.7. The number of aromatic nitrogens is 2. The zero-order valence-corrected chi connectivity index (χ0v) is 19.4. The van der Waals surface area contributed by atoms with E-state index in [1.54, 1.807) is 6.20 Å². The lowest BCUT2D eigenvalue weighted by Gasteiger charge is -2.37. The molecule has 2 aromatic heterocycles. The smallest absolute Gasteiger partial charge is 0.253 e. The summed E-state index contributed by atoms with van der Waals surface area (Å²) in [5, 5.41) is 4.10. The molecule has 7 heteroatoms. The monoisotopic (exact) mass is 457 g/mol. The molecule has 2 aliphatic rings. The molecule has 2 aliphatic heterocycles. The van der Waals surface area contributed by atoms with Gasteiger partial charge in [0, 0.05) is 55.6 Å². The number of pyridine rings is 2. The number of nitrogens with one attached hydrogen (secondary N) is 1. The molecule has 176 valence electrons. The van der Waals surface area contributed by atoms with Gasteiger partial charge < -0.3 is 10.2 Å². The lowest BCUT2D eigenvalue weighted by Crippen LogP contribution is -2.49. The summed E-state index contributed by atoms with van der Waals surface area (Å²) in [6, 6.07) is 13.9. The number of hydrogen-bond acceptors (Lipinski definition) is 5. The van der Waals surface area contributed by atoms with Gasteiger partial charge in [-0.05, 0) is 68.6 Å². The average molecular weight is 458 g/mol. The van der Waals surface area contributed by atoms with E-state index in [4.69, 9.17) is 0 Å². The number of para-hydroxylation sites is 1. The van der Waals surface area contributed by atoms with Crippen LogP contribution in [0.3, 0.4) is 0 Å². The first-order valence-corrected chi connectivity index (χ1v) is 12.2. The highest BCUT2D eigenvalue weighted by atomic mass is 16.2. The molecule has 0 bridgehead atoms. The normalized spacial score (nSPS) is 18.2. The van der Waals surface area contributed by atoms with E-state index in [9.17, 15) is 9.59 Å². The number of fused-ring (bicyclic) bond motifs is 1. The van der Waals surface area contributed by atoms with Gasteiger partial charge in [-0.2, -0.15) is 0 Å². The van der Waals surface area contributed by atoms with Gasteiger partial charge in [0.15, 0.2) is 0 Å². The fourth-order valence-electron chi connectivity index (χ4n) is 5.05. The zero-order valence-electron chi connectivity index (χ0n) is 19.4. The van der Waals surface area contributed by atoms with Gasteiger partial charge in [-0.3, -0.25) is 24.5 Å². The van der Waals surface area contributed by atoms with Crippen LogP contribution in [0.25, 0.3) is 10.9 Å². The van der Waals surface area contributed by atoms with Crippen LogP contribution in [0.1, 0.15) is 41.6 Å². The Labute approximate surface area is 200 Å². The molecule has 3 aromatic rings. The van der Waals surface area contributed by atoms with Crippen LogP contribution in [-0.4, -0.2) is 63.8 Å². The van der Waals surface area contributed by atoms with Crippen molar-refractivity contribution >= 4 is 22.7 Å². The summed E-state index contributed by atoms with van der Waals surface area (Å²) >= 11 is 0. The van der Waals surface area contributed by atoms with Crippen molar-refractivity contribution in [3.8, 4) is 0 Å². The Bertz CT molecular complexity index is 1140. The number of carbonyl (C=O) groups is 2. The number of rotatable bonds is 5. The predicted molar refractivity (Wildman–Crippen MR) is 131 cm³/mol. The minimum absolute atomic E-state index is 0.0882. The second-order valence-corrected chi connectivity index (χ2v) is 9.40. The van der Waals surface area contributed by atoms with Crippen molar-refractivity contribution in [3.63, 3.8) is 0 Å². The number of nitrogens with zero attached hydrogens (tertiary/aromatic N) is 4. The largest absolute Gasteiger partial charge is 0.349 e. The number of piperidine rings is 2. The summed E-state index contributed by atoms with van der Waals surface area (Å²) in [6.07, 6.45) is 8.70. The number of amides is 2. The van der Waals surface area contributed by atoms with E-state index in [0.717, 1.165) is 56.2 Å². The fourth-order valence-corrected chi connectivity index (χ4v) is 5.05. The number of carbonyl (C=O) groups excluding carboxylic acids is 2. The molecule has 0 spiro atoms. The van der Waals surface area contributed by atoms with Crippen molar-refractivity contribution in [2.75, 3.05) is 26.2 Å². The summed E-state index contributed by atoms with van der Waals surface area (Å²) in [5.41, 5.74) is 2.73. The van der Waals surface area contributed by atoms with E-state index < -0.39 is 0 Å². The van der Waals surface area contributed by atoms with Crippen LogP contribution < -0.4 is 5.32 Å². The van der Waals surface area contributed by atoms with Crippen LogP contribution in [0.5, 0.6) is 0 Å². The van der Waals surface area contributed by atoms with E-state index in [2.05, 4.69) is 32.3 Å². The van der Waals surface area contributed by atoms with E-state index in [0.29, 0.717) is 18.7 Å². The van der Waals surface area contributed by atoms with Gasteiger partial charge in [-0.25, -0.2) is 0 Å². The molecular formula is C27H31N5O2. The molecule has 34 heavy (non-hydrogen) atoms. The zero-order chi connectivity index (χ0) is 23.3. The van der Waals surface area contributed by atoms with E-state index in [-0.39, 0.29) is 23.8 Å². The van der Waals surface area contributed by atoms with Gasteiger partial charge in [0.05, 0.1) is 11.1 Å². The molecule has 1 N–H and O–H groups in total. The van der Waals surface area contributed by atoms with Crippen LogP contribution >= 0.6 is 0 Å². The Morgan fingerprint density at radius 1 is 0.941 bits per heavy atom. The summed E-state index contributed by atoms with van der Waals surface area (Å²) in [6.45, 7) is 4.23. The maximum absolute atomic E-state index is 13.1. The second-order valence-electron chi connectivity index (χ2n) is 9.40. The third-order valence-corrected chi connectivity index (χ3v) is 7.09.